The second-order valence-corrected chi connectivity index (χ2v) is 3.71. The van der Waals surface area contributed by atoms with E-state index in [-0.39, 0.29) is 25.1 Å². The average molecular weight is 283 g/mol. The lowest BCUT2D eigenvalue weighted by Gasteiger charge is -2.08. The van der Waals surface area contributed by atoms with E-state index >= 15 is 0 Å². The minimum absolute atomic E-state index is 0.0934. The molecular weight excluding hydrogens is 266 g/mol. The standard InChI is InChI=1S/C12H17N3O5/c1-3-20-10(16)4-5-14-7-9(6-13)11(17)15-8(2)12(18)19/h7-8,14H,3-5H2,1-2H3,(H,15,17)(H,18,19)/b9-7-. The molecule has 0 aromatic rings. The lowest BCUT2D eigenvalue weighted by Crippen LogP contribution is -2.39. The highest BCUT2D eigenvalue weighted by Gasteiger charge is 2.16. The van der Waals surface area contributed by atoms with E-state index in [0.717, 1.165) is 6.20 Å². The third-order valence-electron chi connectivity index (χ3n) is 2.11. The monoisotopic (exact) mass is 283 g/mol. The lowest BCUT2D eigenvalue weighted by atomic mass is 10.2. The number of amides is 1. The van der Waals surface area contributed by atoms with Crippen LogP contribution in [0.4, 0.5) is 0 Å². The summed E-state index contributed by atoms with van der Waals surface area (Å²) in [6.45, 7) is 3.45. The normalized spacial score (nSPS) is 11.9. The zero-order chi connectivity index (χ0) is 15.5. The topological polar surface area (TPSA) is 129 Å². The molecule has 0 aromatic heterocycles. The van der Waals surface area contributed by atoms with E-state index in [4.69, 9.17) is 15.1 Å². The van der Waals surface area contributed by atoms with Crippen LogP contribution < -0.4 is 10.6 Å². The van der Waals surface area contributed by atoms with Gasteiger partial charge in [0.25, 0.3) is 5.91 Å². The van der Waals surface area contributed by atoms with Crippen molar-refractivity contribution in [1.82, 2.24) is 10.6 Å². The van der Waals surface area contributed by atoms with Crippen molar-refractivity contribution in [2.24, 2.45) is 0 Å². The maximum atomic E-state index is 11.5. The van der Waals surface area contributed by atoms with Crippen LogP contribution in [0, 0.1) is 11.3 Å². The van der Waals surface area contributed by atoms with Gasteiger partial charge < -0.3 is 20.5 Å². The number of hydrogen-bond acceptors (Lipinski definition) is 6. The number of carboxylic acid groups (broad SMARTS) is 1. The van der Waals surface area contributed by atoms with Gasteiger partial charge >= 0.3 is 11.9 Å². The number of esters is 1. The fourth-order valence-electron chi connectivity index (χ4n) is 1.07. The SMILES string of the molecule is CCOC(=O)CCN/C=C(/C#N)C(=O)NC(C)C(=O)O. The van der Waals surface area contributed by atoms with Crippen LogP contribution in [0.25, 0.3) is 0 Å². The van der Waals surface area contributed by atoms with Crippen molar-refractivity contribution >= 4 is 17.8 Å². The van der Waals surface area contributed by atoms with E-state index in [9.17, 15) is 14.4 Å². The highest BCUT2D eigenvalue weighted by molar-refractivity contribution is 5.99. The molecule has 0 aliphatic rings. The lowest BCUT2D eigenvalue weighted by molar-refractivity contribution is -0.143. The van der Waals surface area contributed by atoms with Crippen LogP contribution in [0.15, 0.2) is 11.8 Å². The fraction of sp³-hybridized carbons (Fsp3) is 0.500. The number of carbonyl (C=O) groups excluding carboxylic acids is 2. The summed E-state index contributed by atoms with van der Waals surface area (Å²) in [6.07, 6.45) is 1.22. The van der Waals surface area contributed by atoms with Gasteiger partial charge in [0, 0.05) is 12.7 Å². The molecule has 20 heavy (non-hydrogen) atoms. The Balaban J connectivity index is 4.28. The first-order chi connectivity index (χ1) is 9.42. The quantitative estimate of drug-likeness (QED) is 0.237. The minimum Gasteiger partial charge on any atom is -0.480 e. The summed E-state index contributed by atoms with van der Waals surface area (Å²) < 4.78 is 4.69. The van der Waals surface area contributed by atoms with Crippen LogP contribution in [-0.4, -0.2) is 42.1 Å². The third-order valence-corrected chi connectivity index (χ3v) is 2.11. The second-order valence-electron chi connectivity index (χ2n) is 3.71. The first-order valence-corrected chi connectivity index (χ1v) is 5.95. The molecule has 1 atom stereocenters. The molecule has 110 valence electrons. The summed E-state index contributed by atoms with van der Waals surface area (Å²) in [4.78, 5) is 33.1. The van der Waals surface area contributed by atoms with Gasteiger partial charge in [-0.15, -0.1) is 0 Å². The Hall–Kier alpha value is -2.56. The number of ether oxygens (including phenoxy) is 1. The average Bonchev–Trinajstić information content (AvgIpc) is 2.38. The Morgan fingerprint density at radius 1 is 1.45 bits per heavy atom. The first-order valence-electron chi connectivity index (χ1n) is 5.95. The van der Waals surface area contributed by atoms with Crippen LogP contribution >= 0.6 is 0 Å². The van der Waals surface area contributed by atoms with Crippen molar-refractivity contribution in [3.8, 4) is 6.07 Å². The number of nitrogens with one attached hydrogen (secondary N) is 2. The largest absolute Gasteiger partial charge is 0.480 e. The molecule has 0 rings (SSSR count). The maximum Gasteiger partial charge on any atom is 0.325 e. The highest BCUT2D eigenvalue weighted by Crippen LogP contribution is 1.93. The number of rotatable bonds is 8. The molecule has 0 radical (unpaired) electrons. The highest BCUT2D eigenvalue weighted by atomic mass is 16.5. The van der Waals surface area contributed by atoms with Gasteiger partial charge in [-0.1, -0.05) is 0 Å². The summed E-state index contributed by atoms with van der Waals surface area (Å²) in [5, 5.41) is 22.2. The van der Waals surface area contributed by atoms with E-state index < -0.39 is 23.9 Å². The Kier molecular flexibility index (Phi) is 8.18. The predicted octanol–water partition coefficient (Wildman–Crippen LogP) is -0.474. The van der Waals surface area contributed by atoms with Crippen LogP contribution in [0.1, 0.15) is 20.3 Å². The summed E-state index contributed by atoms with van der Waals surface area (Å²) in [5.41, 5.74) is -0.276. The van der Waals surface area contributed by atoms with Crippen LogP contribution in [-0.2, 0) is 19.1 Å². The molecule has 8 heteroatoms. The van der Waals surface area contributed by atoms with Crippen molar-refractivity contribution in [3.63, 3.8) is 0 Å². The number of hydrogen-bond donors (Lipinski definition) is 3. The van der Waals surface area contributed by atoms with Crippen molar-refractivity contribution in [2.45, 2.75) is 26.3 Å². The van der Waals surface area contributed by atoms with Crippen molar-refractivity contribution in [2.75, 3.05) is 13.2 Å². The molecule has 0 aliphatic heterocycles. The molecule has 0 aromatic carbocycles. The van der Waals surface area contributed by atoms with Crippen LogP contribution in [0.2, 0.25) is 0 Å². The van der Waals surface area contributed by atoms with E-state index in [1.807, 2.05) is 0 Å². The van der Waals surface area contributed by atoms with Crippen molar-refractivity contribution in [1.29, 1.82) is 5.26 Å². The minimum atomic E-state index is -1.20. The molecule has 1 unspecified atom stereocenters. The van der Waals surface area contributed by atoms with Crippen LogP contribution in [0.3, 0.4) is 0 Å². The Bertz CT molecular complexity index is 439. The first kappa shape index (κ1) is 17.4. The third kappa shape index (κ3) is 7.00. The molecule has 0 saturated heterocycles. The molecule has 8 nitrogen and oxygen atoms in total. The van der Waals surface area contributed by atoms with Gasteiger partial charge in [0.2, 0.25) is 0 Å². The predicted molar refractivity (Wildman–Crippen MR) is 68.2 cm³/mol. The Morgan fingerprint density at radius 3 is 2.60 bits per heavy atom. The van der Waals surface area contributed by atoms with Crippen LogP contribution in [0.5, 0.6) is 0 Å². The molecule has 1 amide bonds. The summed E-state index contributed by atoms with van der Waals surface area (Å²) in [7, 11) is 0. The molecule has 0 aliphatic carbocycles. The van der Waals surface area contributed by atoms with Gasteiger partial charge in [-0.3, -0.25) is 14.4 Å². The molecule has 3 N–H and O–H groups in total. The van der Waals surface area contributed by atoms with Gasteiger partial charge in [0.1, 0.15) is 17.7 Å². The molecule has 0 saturated carbocycles. The van der Waals surface area contributed by atoms with E-state index in [0.29, 0.717) is 0 Å². The summed E-state index contributed by atoms with van der Waals surface area (Å²) in [5.74, 6) is -2.40. The van der Waals surface area contributed by atoms with Gasteiger partial charge in [0.15, 0.2) is 0 Å². The number of carboxylic acids is 1. The smallest absolute Gasteiger partial charge is 0.325 e. The molecule has 0 heterocycles. The van der Waals surface area contributed by atoms with Crippen molar-refractivity contribution < 1.29 is 24.2 Å². The maximum absolute atomic E-state index is 11.5. The van der Waals surface area contributed by atoms with E-state index in [2.05, 4.69) is 10.6 Å². The molecular formula is C12H17N3O5. The number of aliphatic carboxylic acids is 1. The van der Waals surface area contributed by atoms with Gasteiger partial charge in [-0.25, -0.2) is 0 Å². The zero-order valence-corrected chi connectivity index (χ0v) is 11.3. The number of nitriles is 1. The zero-order valence-electron chi connectivity index (χ0n) is 11.3. The van der Waals surface area contributed by atoms with Crippen molar-refractivity contribution in [3.05, 3.63) is 11.8 Å². The van der Waals surface area contributed by atoms with Gasteiger partial charge in [-0.05, 0) is 13.8 Å². The number of nitrogens with zero attached hydrogens (tertiary/aromatic N) is 1. The Labute approximate surface area is 116 Å². The van der Waals surface area contributed by atoms with Gasteiger partial charge in [0.05, 0.1) is 13.0 Å². The molecule has 0 bridgehead atoms. The summed E-state index contributed by atoms with van der Waals surface area (Å²) in [6, 6.07) is 0.539. The number of carbonyl (C=O) groups is 3. The molecule has 0 fully saturated rings. The second kappa shape index (κ2) is 9.38. The van der Waals surface area contributed by atoms with E-state index in [1.165, 1.54) is 6.92 Å². The summed E-state index contributed by atoms with van der Waals surface area (Å²) >= 11 is 0. The van der Waals surface area contributed by atoms with E-state index in [1.54, 1.807) is 13.0 Å². The molecule has 0 spiro atoms. The Morgan fingerprint density at radius 2 is 2.10 bits per heavy atom. The fourth-order valence-corrected chi connectivity index (χ4v) is 1.07. The van der Waals surface area contributed by atoms with Gasteiger partial charge in [-0.2, -0.15) is 5.26 Å².